The third-order valence-electron chi connectivity index (χ3n) is 1.60. The average molecular weight is 163 g/mol. The van der Waals surface area contributed by atoms with Gasteiger partial charge in [-0.2, -0.15) is 0 Å². The number of nitrogens with two attached hydrogens (primary N) is 1. The Morgan fingerprint density at radius 1 is 1.50 bits per heavy atom. The number of rotatable bonds is 3. The number of hydrogen-bond acceptors (Lipinski definition) is 2. The Bertz CT molecular complexity index is 281. The van der Waals surface area contributed by atoms with E-state index >= 15 is 0 Å². The van der Waals surface area contributed by atoms with Crippen LogP contribution in [0.15, 0.2) is 30.9 Å². The van der Waals surface area contributed by atoms with Crippen LogP contribution in [0.1, 0.15) is 5.56 Å². The van der Waals surface area contributed by atoms with Crippen LogP contribution in [0.3, 0.4) is 0 Å². The number of benzene rings is 1. The van der Waals surface area contributed by atoms with E-state index in [4.69, 9.17) is 10.5 Å². The number of nitrogen functional groups attached to an aromatic ring is 1. The van der Waals surface area contributed by atoms with Crippen molar-refractivity contribution >= 4 is 5.69 Å². The topological polar surface area (TPSA) is 35.2 Å². The smallest absolute Gasteiger partial charge is 0.121 e. The fourth-order valence-electron chi connectivity index (χ4n) is 1.09. The lowest BCUT2D eigenvalue weighted by atomic mass is 10.1. The zero-order valence-electron chi connectivity index (χ0n) is 7.21. The molecular formula is C10H13NO. The molecule has 0 radical (unpaired) electrons. The second-order valence-electron chi connectivity index (χ2n) is 2.61. The molecule has 2 heteroatoms. The van der Waals surface area contributed by atoms with Gasteiger partial charge in [0.05, 0.1) is 7.11 Å². The van der Waals surface area contributed by atoms with Gasteiger partial charge in [-0.25, -0.2) is 0 Å². The van der Waals surface area contributed by atoms with Crippen molar-refractivity contribution in [1.29, 1.82) is 0 Å². The highest BCUT2D eigenvalue weighted by molar-refractivity contribution is 5.47. The Morgan fingerprint density at radius 3 is 2.83 bits per heavy atom. The van der Waals surface area contributed by atoms with Crippen LogP contribution in [0.25, 0.3) is 0 Å². The van der Waals surface area contributed by atoms with E-state index in [0.717, 1.165) is 23.4 Å². The van der Waals surface area contributed by atoms with E-state index in [1.54, 1.807) is 13.2 Å². The third kappa shape index (κ3) is 2.02. The zero-order valence-corrected chi connectivity index (χ0v) is 7.21. The van der Waals surface area contributed by atoms with Gasteiger partial charge in [-0.3, -0.25) is 0 Å². The Morgan fingerprint density at radius 2 is 2.25 bits per heavy atom. The molecule has 1 rings (SSSR count). The van der Waals surface area contributed by atoms with Crippen molar-refractivity contribution in [2.75, 3.05) is 12.8 Å². The Balaban J connectivity index is 2.97. The average Bonchev–Trinajstić information content (AvgIpc) is 2.04. The Kier molecular flexibility index (Phi) is 2.75. The predicted molar refractivity (Wildman–Crippen MR) is 51.3 cm³/mol. The van der Waals surface area contributed by atoms with Crippen molar-refractivity contribution in [1.82, 2.24) is 0 Å². The maximum Gasteiger partial charge on any atom is 0.121 e. The maximum atomic E-state index is 5.65. The Labute approximate surface area is 72.7 Å². The largest absolute Gasteiger partial charge is 0.497 e. The molecule has 0 aliphatic rings. The summed E-state index contributed by atoms with van der Waals surface area (Å²) in [5.41, 5.74) is 7.51. The zero-order chi connectivity index (χ0) is 8.97. The second-order valence-corrected chi connectivity index (χ2v) is 2.61. The summed E-state index contributed by atoms with van der Waals surface area (Å²) in [6.07, 6.45) is 2.66. The Hall–Kier alpha value is -1.44. The van der Waals surface area contributed by atoms with Crippen LogP contribution < -0.4 is 10.5 Å². The summed E-state index contributed by atoms with van der Waals surface area (Å²) in [5.74, 6) is 0.798. The predicted octanol–water partition coefficient (Wildman–Crippen LogP) is 2.01. The van der Waals surface area contributed by atoms with Crippen LogP contribution in [-0.4, -0.2) is 7.11 Å². The number of anilines is 1. The van der Waals surface area contributed by atoms with Crippen LogP contribution in [-0.2, 0) is 6.42 Å². The van der Waals surface area contributed by atoms with Gasteiger partial charge in [0.15, 0.2) is 0 Å². The first kappa shape index (κ1) is 8.65. The van der Waals surface area contributed by atoms with Gasteiger partial charge in [0.1, 0.15) is 5.75 Å². The van der Waals surface area contributed by atoms with Gasteiger partial charge in [-0.1, -0.05) is 6.08 Å². The molecule has 0 amide bonds. The summed E-state index contributed by atoms with van der Waals surface area (Å²) in [4.78, 5) is 0. The van der Waals surface area contributed by atoms with E-state index in [-0.39, 0.29) is 0 Å². The van der Waals surface area contributed by atoms with E-state index in [1.807, 2.05) is 18.2 Å². The van der Waals surface area contributed by atoms with Gasteiger partial charge >= 0.3 is 0 Å². The number of methoxy groups -OCH3 is 1. The number of ether oxygens (including phenoxy) is 1. The molecule has 0 saturated heterocycles. The standard InChI is InChI=1S/C10H13NO/c1-3-4-8-5-9(11)7-10(6-8)12-2/h3,5-7H,1,4,11H2,2H3. The number of allylic oxidation sites excluding steroid dienone is 1. The molecule has 0 aliphatic heterocycles. The summed E-state index contributed by atoms with van der Waals surface area (Å²) in [6, 6.07) is 5.68. The highest BCUT2D eigenvalue weighted by atomic mass is 16.5. The summed E-state index contributed by atoms with van der Waals surface area (Å²) in [6.45, 7) is 3.66. The minimum atomic E-state index is 0.728. The molecule has 0 saturated carbocycles. The second kappa shape index (κ2) is 3.81. The van der Waals surface area contributed by atoms with Crippen LogP contribution in [0.5, 0.6) is 5.75 Å². The molecule has 2 nitrogen and oxygen atoms in total. The minimum absolute atomic E-state index is 0.728. The van der Waals surface area contributed by atoms with Crippen LogP contribution in [0.2, 0.25) is 0 Å². The molecule has 0 aromatic heterocycles. The van der Waals surface area contributed by atoms with Gasteiger partial charge in [-0.15, -0.1) is 6.58 Å². The van der Waals surface area contributed by atoms with Gasteiger partial charge in [0.25, 0.3) is 0 Å². The van der Waals surface area contributed by atoms with Crippen molar-refractivity contribution in [2.45, 2.75) is 6.42 Å². The van der Waals surface area contributed by atoms with E-state index in [2.05, 4.69) is 6.58 Å². The molecule has 0 unspecified atom stereocenters. The van der Waals surface area contributed by atoms with E-state index < -0.39 is 0 Å². The normalized spacial score (nSPS) is 9.42. The van der Waals surface area contributed by atoms with E-state index in [1.165, 1.54) is 0 Å². The van der Waals surface area contributed by atoms with E-state index in [0.29, 0.717) is 0 Å². The number of hydrogen-bond donors (Lipinski definition) is 1. The van der Waals surface area contributed by atoms with Gasteiger partial charge < -0.3 is 10.5 Å². The molecule has 1 aromatic carbocycles. The maximum absolute atomic E-state index is 5.65. The van der Waals surface area contributed by atoms with Crippen LogP contribution in [0.4, 0.5) is 5.69 Å². The van der Waals surface area contributed by atoms with Gasteiger partial charge in [0, 0.05) is 11.8 Å². The molecule has 64 valence electrons. The lowest BCUT2D eigenvalue weighted by molar-refractivity contribution is 0.414. The van der Waals surface area contributed by atoms with E-state index in [9.17, 15) is 0 Å². The van der Waals surface area contributed by atoms with Crippen molar-refractivity contribution in [3.8, 4) is 5.75 Å². The molecule has 0 fully saturated rings. The monoisotopic (exact) mass is 163 g/mol. The van der Waals surface area contributed by atoms with Crippen molar-refractivity contribution < 1.29 is 4.74 Å². The summed E-state index contributed by atoms with van der Waals surface area (Å²) >= 11 is 0. The molecule has 1 aromatic rings. The third-order valence-corrected chi connectivity index (χ3v) is 1.60. The first-order valence-electron chi connectivity index (χ1n) is 3.80. The highest BCUT2D eigenvalue weighted by Gasteiger charge is 1.96. The molecule has 0 atom stereocenters. The highest BCUT2D eigenvalue weighted by Crippen LogP contribution is 2.18. The fourth-order valence-corrected chi connectivity index (χ4v) is 1.09. The van der Waals surface area contributed by atoms with Gasteiger partial charge in [0.2, 0.25) is 0 Å². The SMILES string of the molecule is C=CCc1cc(N)cc(OC)c1. The lowest BCUT2D eigenvalue weighted by Gasteiger charge is -2.04. The molecular weight excluding hydrogens is 150 g/mol. The molecule has 0 bridgehead atoms. The van der Waals surface area contributed by atoms with Crippen molar-refractivity contribution in [3.63, 3.8) is 0 Å². The van der Waals surface area contributed by atoms with Crippen LogP contribution in [0, 0.1) is 0 Å². The molecule has 0 spiro atoms. The van der Waals surface area contributed by atoms with Crippen molar-refractivity contribution in [2.24, 2.45) is 0 Å². The fraction of sp³-hybridized carbons (Fsp3) is 0.200. The molecule has 0 heterocycles. The summed E-state index contributed by atoms with van der Waals surface area (Å²) in [5, 5.41) is 0. The molecule has 2 N–H and O–H groups in total. The first-order chi connectivity index (χ1) is 5.76. The van der Waals surface area contributed by atoms with Crippen molar-refractivity contribution in [3.05, 3.63) is 36.4 Å². The van der Waals surface area contributed by atoms with Crippen LogP contribution >= 0.6 is 0 Å². The first-order valence-corrected chi connectivity index (χ1v) is 3.80. The lowest BCUT2D eigenvalue weighted by Crippen LogP contribution is -1.91. The quantitative estimate of drug-likeness (QED) is 0.546. The molecule has 12 heavy (non-hydrogen) atoms. The van der Waals surface area contributed by atoms with Gasteiger partial charge in [-0.05, 0) is 24.1 Å². The summed E-state index contributed by atoms with van der Waals surface area (Å²) in [7, 11) is 1.63. The minimum Gasteiger partial charge on any atom is -0.497 e. The molecule has 0 aliphatic carbocycles. The summed E-state index contributed by atoms with van der Waals surface area (Å²) < 4.78 is 5.07.